The van der Waals surface area contributed by atoms with E-state index in [1.165, 1.54) is 23.2 Å². The number of hydrogen-bond acceptors (Lipinski definition) is 3. The second-order valence-corrected chi connectivity index (χ2v) is 8.37. The van der Waals surface area contributed by atoms with Gasteiger partial charge in [-0.1, -0.05) is 48.5 Å². The molecule has 2 aromatic carbocycles. The summed E-state index contributed by atoms with van der Waals surface area (Å²) in [6.45, 7) is 3.81. The SMILES string of the molecule is O=C(NCCN1CCc2ccccc21)[C@H]1C[C@@H](c2ccccc2)N2CCC[C@H]12. The van der Waals surface area contributed by atoms with Gasteiger partial charge in [-0.05, 0) is 49.4 Å². The second-order valence-electron chi connectivity index (χ2n) is 8.37. The van der Waals surface area contributed by atoms with E-state index < -0.39 is 0 Å². The number of fused-ring (bicyclic) bond motifs is 2. The molecule has 0 bridgehead atoms. The molecule has 0 aromatic heterocycles. The number of carbonyl (C=O) groups excluding carboxylic acids is 1. The summed E-state index contributed by atoms with van der Waals surface area (Å²) in [7, 11) is 0. The lowest BCUT2D eigenvalue weighted by atomic mass is 9.93. The molecule has 0 aliphatic carbocycles. The normalized spacial score (nSPS) is 26.3. The Bertz CT molecular complexity index is 837. The number of para-hydroxylation sites is 1. The van der Waals surface area contributed by atoms with E-state index in [1.54, 1.807) is 0 Å². The van der Waals surface area contributed by atoms with Crippen LogP contribution in [0.1, 0.15) is 36.4 Å². The summed E-state index contributed by atoms with van der Waals surface area (Å²) in [6, 6.07) is 20.2. The van der Waals surface area contributed by atoms with Gasteiger partial charge in [0.15, 0.2) is 0 Å². The first kappa shape index (κ1) is 17.7. The zero-order chi connectivity index (χ0) is 18.9. The van der Waals surface area contributed by atoms with Gasteiger partial charge in [-0.25, -0.2) is 0 Å². The third-order valence-corrected chi connectivity index (χ3v) is 6.87. The molecule has 146 valence electrons. The zero-order valence-corrected chi connectivity index (χ0v) is 16.4. The van der Waals surface area contributed by atoms with Crippen LogP contribution in [0.4, 0.5) is 5.69 Å². The van der Waals surface area contributed by atoms with Crippen LogP contribution < -0.4 is 10.2 Å². The lowest BCUT2D eigenvalue weighted by molar-refractivity contribution is -0.125. The van der Waals surface area contributed by atoms with E-state index in [9.17, 15) is 4.79 Å². The highest BCUT2D eigenvalue weighted by molar-refractivity contribution is 5.80. The lowest BCUT2D eigenvalue weighted by Crippen LogP contribution is -2.40. The topological polar surface area (TPSA) is 35.6 Å². The lowest BCUT2D eigenvalue weighted by Gasteiger charge is -2.24. The van der Waals surface area contributed by atoms with E-state index in [0.717, 1.165) is 45.4 Å². The maximum atomic E-state index is 13.0. The minimum absolute atomic E-state index is 0.124. The van der Waals surface area contributed by atoms with Crippen LogP contribution in [0.25, 0.3) is 0 Å². The van der Waals surface area contributed by atoms with Crippen molar-refractivity contribution in [2.45, 2.75) is 37.8 Å². The highest BCUT2D eigenvalue weighted by Crippen LogP contribution is 2.44. The average Bonchev–Trinajstić information content (AvgIpc) is 3.44. The maximum Gasteiger partial charge on any atom is 0.224 e. The molecule has 2 saturated heterocycles. The van der Waals surface area contributed by atoms with Gasteiger partial charge in [0, 0.05) is 37.4 Å². The van der Waals surface area contributed by atoms with Gasteiger partial charge in [0.05, 0.1) is 5.92 Å². The molecule has 3 aliphatic rings. The molecule has 5 rings (SSSR count). The number of benzene rings is 2. The average molecular weight is 376 g/mol. The number of anilines is 1. The molecule has 28 heavy (non-hydrogen) atoms. The molecule has 1 N–H and O–H groups in total. The summed E-state index contributed by atoms with van der Waals surface area (Å²) in [5.41, 5.74) is 4.12. The van der Waals surface area contributed by atoms with E-state index in [0.29, 0.717) is 12.1 Å². The van der Waals surface area contributed by atoms with Crippen molar-refractivity contribution >= 4 is 11.6 Å². The molecular weight excluding hydrogens is 346 g/mol. The fourth-order valence-corrected chi connectivity index (χ4v) is 5.54. The Kier molecular flexibility index (Phi) is 4.81. The van der Waals surface area contributed by atoms with Crippen LogP contribution in [0.15, 0.2) is 54.6 Å². The summed E-state index contributed by atoms with van der Waals surface area (Å²) in [6.07, 6.45) is 4.43. The molecule has 3 atom stereocenters. The Morgan fingerprint density at radius 3 is 2.75 bits per heavy atom. The first-order chi connectivity index (χ1) is 13.8. The quantitative estimate of drug-likeness (QED) is 0.870. The minimum Gasteiger partial charge on any atom is -0.369 e. The molecule has 0 saturated carbocycles. The highest BCUT2D eigenvalue weighted by Gasteiger charge is 2.46. The molecule has 4 nitrogen and oxygen atoms in total. The van der Waals surface area contributed by atoms with Crippen molar-refractivity contribution in [1.82, 2.24) is 10.2 Å². The van der Waals surface area contributed by atoms with Crippen LogP contribution in [0.5, 0.6) is 0 Å². The maximum absolute atomic E-state index is 13.0. The molecule has 3 heterocycles. The fourth-order valence-electron chi connectivity index (χ4n) is 5.54. The van der Waals surface area contributed by atoms with E-state index in [4.69, 9.17) is 0 Å². The van der Waals surface area contributed by atoms with Crippen LogP contribution in [-0.2, 0) is 11.2 Å². The van der Waals surface area contributed by atoms with Gasteiger partial charge in [-0.3, -0.25) is 9.69 Å². The van der Waals surface area contributed by atoms with Crippen LogP contribution in [0.3, 0.4) is 0 Å². The monoisotopic (exact) mass is 375 g/mol. The largest absolute Gasteiger partial charge is 0.369 e. The molecule has 0 unspecified atom stereocenters. The third-order valence-electron chi connectivity index (χ3n) is 6.87. The van der Waals surface area contributed by atoms with Crippen molar-refractivity contribution in [2.24, 2.45) is 5.92 Å². The van der Waals surface area contributed by atoms with Gasteiger partial charge in [0.1, 0.15) is 0 Å². The Hall–Kier alpha value is -2.33. The molecular formula is C24H29N3O. The summed E-state index contributed by atoms with van der Waals surface area (Å²) in [4.78, 5) is 18.0. The summed E-state index contributed by atoms with van der Waals surface area (Å²) in [5.74, 6) is 0.376. The molecule has 1 amide bonds. The molecule has 4 heteroatoms. The number of hydrogen-bond donors (Lipinski definition) is 1. The van der Waals surface area contributed by atoms with Gasteiger partial charge in [0.2, 0.25) is 5.91 Å². The predicted molar refractivity (Wildman–Crippen MR) is 112 cm³/mol. The van der Waals surface area contributed by atoms with Crippen LogP contribution in [0, 0.1) is 5.92 Å². The predicted octanol–water partition coefficient (Wildman–Crippen LogP) is 3.39. The Morgan fingerprint density at radius 1 is 1.04 bits per heavy atom. The van der Waals surface area contributed by atoms with Gasteiger partial charge >= 0.3 is 0 Å². The van der Waals surface area contributed by atoms with Crippen molar-refractivity contribution in [3.8, 4) is 0 Å². The van der Waals surface area contributed by atoms with Gasteiger partial charge in [-0.2, -0.15) is 0 Å². The summed E-state index contributed by atoms with van der Waals surface area (Å²) in [5, 5.41) is 3.26. The van der Waals surface area contributed by atoms with E-state index in [-0.39, 0.29) is 11.8 Å². The number of rotatable bonds is 5. The van der Waals surface area contributed by atoms with Gasteiger partial charge in [0.25, 0.3) is 0 Å². The smallest absolute Gasteiger partial charge is 0.224 e. The zero-order valence-electron chi connectivity index (χ0n) is 16.4. The standard InChI is InChI=1S/C24H29N3O/c28-24(25-13-16-26-15-12-19-9-4-5-10-21(19)26)20-17-23(18-7-2-1-3-8-18)27-14-6-11-22(20)27/h1-5,7-10,20,22-23H,6,11-17H2,(H,25,28)/t20-,22+,23-/m0/s1. The number of nitrogens with one attached hydrogen (secondary N) is 1. The van der Waals surface area contributed by atoms with Crippen LogP contribution >= 0.6 is 0 Å². The van der Waals surface area contributed by atoms with Crippen LogP contribution in [0.2, 0.25) is 0 Å². The number of nitrogens with zero attached hydrogens (tertiary/aromatic N) is 2. The van der Waals surface area contributed by atoms with Crippen molar-refractivity contribution in [3.63, 3.8) is 0 Å². The second kappa shape index (κ2) is 7.59. The Balaban J connectivity index is 1.20. The number of carbonyl (C=O) groups is 1. The van der Waals surface area contributed by atoms with Crippen molar-refractivity contribution < 1.29 is 4.79 Å². The highest BCUT2D eigenvalue weighted by atomic mass is 16.2. The Morgan fingerprint density at radius 2 is 1.86 bits per heavy atom. The van der Waals surface area contributed by atoms with Crippen molar-refractivity contribution in [3.05, 3.63) is 65.7 Å². The van der Waals surface area contributed by atoms with Crippen molar-refractivity contribution in [1.29, 1.82) is 0 Å². The fraction of sp³-hybridized carbons (Fsp3) is 0.458. The van der Waals surface area contributed by atoms with Gasteiger partial charge < -0.3 is 10.2 Å². The molecule has 3 aliphatic heterocycles. The van der Waals surface area contributed by atoms with Gasteiger partial charge in [-0.15, -0.1) is 0 Å². The van der Waals surface area contributed by atoms with E-state index >= 15 is 0 Å². The van der Waals surface area contributed by atoms with E-state index in [2.05, 4.69) is 69.7 Å². The first-order valence-corrected chi connectivity index (χ1v) is 10.7. The summed E-state index contributed by atoms with van der Waals surface area (Å²) < 4.78 is 0. The van der Waals surface area contributed by atoms with Crippen LogP contribution in [-0.4, -0.2) is 43.0 Å². The molecule has 2 aromatic rings. The molecule has 2 fully saturated rings. The molecule has 0 radical (unpaired) electrons. The summed E-state index contributed by atoms with van der Waals surface area (Å²) >= 11 is 0. The van der Waals surface area contributed by atoms with E-state index in [1.807, 2.05) is 0 Å². The first-order valence-electron chi connectivity index (χ1n) is 10.7. The third kappa shape index (κ3) is 3.20. The molecule has 0 spiro atoms. The minimum atomic E-state index is 0.124. The number of amides is 1. The Labute approximate surface area is 167 Å². The van der Waals surface area contributed by atoms with Crippen molar-refractivity contribution in [2.75, 3.05) is 31.1 Å².